The number of aromatic nitrogens is 1. The van der Waals surface area contributed by atoms with Crippen molar-refractivity contribution in [3.63, 3.8) is 0 Å². The van der Waals surface area contributed by atoms with Gasteiger partial charge >= 0.3 is 6.18 Å². The van der Waals surface area contributed by atoms with Gasteiger partial charge < -0.3 is 5.32 Å². The van der Waals surface area contributed by atoms with Crippen LogP contribution in [0.25, 0.3) is 0 Å². The van der Waals surface area contributed by atoms with Crippen LogP contribution in [0.2, 0.25) is 0 Å². The molecule has 20 heavy (non-hydrogen) atoms. The van der Waals surface area contributed by atoms with Crippen LogP contribution in [0.5, 0.6) is 0 Å². The van der Waals surface area contributed by atoms with Crippen molar-refractivity contribution in [2.75, 3.05) is 5.32 Å². The molecule has 1 aromatic carbocycles. The average molecular weight is 277 g/mol. The van der Waals surface area contributed by atoms with Gasteiger partial charge in [0.2, 0.25) is 0 Å². The molecule has 1 aromatic heterocycles. The summed E-state index contributed by atoms with van der Waals surface area (Å²) in [5.74, 6) is 0.157. The van der Waals surface area contributed by atoms with Gasteiger partial charge in [-0.1, -0.05) is 12.1 Å². The minimum Gasteiger partial charge on any atom is -0.366 e. The van der Waals surface area contributed by atoms with Gasteiger partial charge in [-0.15, -0.1) is 0 Å². The zero-order valence-corrected chi connectivity index (χ0v) is 10.3. The molecule has 2 aromatic rings. The van der Waals surface area contributed by atoms with Crippen molar-refractivity contribution in [1.82, 2.24) is 4.98 Å². The Balaban J connectivity index is 2.05. The summed E-state index contributed by atoms with van der Waals surface area (Å²) in [6, 6.07) is 10.6. The Hall–Kier alpha value is -2.55. The van der Waals surface area contributed by atoms with E-state index in [9.17, 15) is 13.2 Å². The highest BCUT2D eigenvalue weighted by Crippen LogP contribution is 2.29. The van der Waals surface area contributed by atoms with Crippen molar-refractivity contribution in [3.8, 4) is 6.07 Å². The van der Waals surface area contributed by atoms with E-state index in [1.807, 2.05) is 6.07 Å². The standard InChI is InChI=1S/C14H10F3N3/c15-14(16,17)12-5-6-19-13(7-12)20-9-11-3-1-10(8-18)2-4-11/h1-7H,9H2,(H,19,20). The lowest BCUT2D eigenvalue weighted by molar-refractivity contribution is -0.137. The van der Waals surface area contributed by atoms with E-state index in [4.69, 9.17) is 5.26 Å². The summed E-state index contributed by atoms with van der Waals surface area (Å²) in [6.07, 6.45) is -3.27. The molecule has 0 unspecified atom stereocenters. The van der Waals surface area contributed by atoms with E-state index in [-0.39, 0.29) is 5.82 Å². The lowest BCUT2D eigenvalue weighted by Gasteiger charge is -2.09. The molecule has 0 atom stereocenters. The van der Waals surface area contributed by atoms with Crippen LogP contribution in [0.3, 0.4) is 0 Å². The molecule has 0 radical (unpaired) electrons. The van der Waals surface area contributed by atoms with Crippen molar-refractivity contribution in [1.29, 1.82) is 5.26 Å². The maximum absolute atomic E-state index is 12.5. The van der Waals surface area contributed by atoms with Crippen LogP contribution in [-0.2, 0) is 12.7 Å². The molecule has 6 heteroatoms. The summed E-state index contributed by atoms with van der Waals surface area (Å²) < 4.78 is 37.6. The Kier molecular flexibility index (Phi) is 3.89. The number of pyridine rings is 1. The van der Waals surface area contributed by atoms with E-state index >= 15 is 0 Å². The first-order chi connectivity index (χ1) is 9.49. The van der Waals surface area contributed by atoms with Gasteiger partial charge in [0.1, 0.15) is 5.82 Å². The molecule has 0 aliphatic carbocycles. The first kappa shape index (κ1) is 13.9. The third kappa shape index (κ3) is 3.48. The molecule has 0 bridgehead atoms. The largest absolute Gasteiger partial charge is 0.416 e. The molecule has 1 N–H and O–H groups in total. The molecule has 1 heterocycles. The van der Waals surface area contributed by atoms with Crippen LogP contribution in [0.4, 0.5) is 19.0 Å². The summed E-state index contributed by atoms with van der Waals surface area (Å²) >= 11 is 0. The predicted octanol–water partition coefficient (Wildman–Crippen LogP) is 3.58. The van der Waals surface area contributed by atoms with E-state index in [0.717, 1.165) is 23.9 Å². The van der Waals surface area contributed by atoms with Gasteiger partial charge in [0, 0.05) is 12.7 Å². The van der Waals surface area contributed by atoms with Crippen LogP contribution in [0.15, 0.2) is 42.6 Å². The Morgan fingerprint density at radius 2 is 1.85 bits per heavy atom. The molecule has 0 aliphatic heterocycles. The third-order valence-electron chi connectivity index (χ3n) is 2.64. The highest BCUT2D eigenvalue weighted by molar-refractivity contribution is 5.40. The first-order valence-electron chi connectivity index (χ1n) is 5.75. The number of anilines is 1. The fourth-order valence-electron chi connectivity index (χ4n) is 1.59. The van der Waals surface area contributed by atoms with Crippen molar-refractivity contribution in [3.05, 3.63) is 59.3 Å². The minimum absolute atomic E-state index is 0.157. The lowest BCUT2D eigenvalue weighted by Crippen LogP contribution is -2.07. The van der Waals surface area contributed by atoms with E-state index in [0.29, 0.717) is 12.1 Å². The number of rotatable bonds is 3. The fraction of sp³-hybridized carbons (Fsp3) is 0.143. The second-order valence-electron chi connectivity index (χ2n) is 4.09. The summed E-state index contributed by atoms with van der Waals surface area (Å²) in [5.41, 5.74) is 0.643. The maximum Gasteiger partial charge on any atom is 0.416 e. The molecule has 102 valence electrons. The van der Waals surface area contributed by atoms with Crippen LogP contribution in [-0.4, -0.2) is 4.98 Å². The maximum atomic E-state index is 12.5. The summed E-state index contributed by atoms with van der Waals surface area (Å²) in [5, 5.41) is 11.5. The van der Waals surface area contributed by atoms with Gasteiger partial charge in [-0.25, -0.2) is 4.98 Å². The van der Waals surface area contributed by atoms with Crippen molar-refractivity contribution < 1.29 is 13.2 Å². The Morgan fingerprint density at radius 3 is 2.45 bits per heavy atom. The molecule has 0 spiro atoms. The molecule has 0 fully saturated rings. The number of hydrogen-bond donors (Lipinski definition) is 1. The van der Waals surface area contributed by atoms with Crippen molar-refractivity contribution in [2.45, 2.75) is 12.7 Å². The summed E-state index contributed by atoms with van der Waals surface area (Å²) in [6.45, 7) is 0.333. The zero-order valence-electron chi connectivity index (χ0n) is 10.3. The second kappa shape index (κ2) is 5.61. The Labute approximate surface area is 113 Å². The first-order valence-corrected chi connectivity index (χ1v) is 5.75. The molecule has 2 rings (SSSR count). The molecular weight excluding hydrogens is 267 g/mol. The highest BCUT2D eigenvalue weighted by atomic mass is 19.4. The molecule has 0 amide bonds. The summed E-state index contributed by atoms with van der Waals surface area (Å²) in [4.78, 5) is 3.84. The number of nitriles is 1. The minimum atomic E-state index is -4.38. The second-order valence-corrected chi connectivity index (χ2v) is 4.09. The third-order valence-corrected chi connectivity index (χ3v) is 2.64. The van der Waals surface area contributed by atoms with Crippen molar-refractivity contribution >= 4 is 5.82 Å². The number of benzene rings is 1. The predicted molar refractivity (Wildman–Crippen MR) is 67.7 cm³/mol. The molecule has 0 saturated carbocycles. The summed E-state index contributed by atoms with van der Waals surface area (Å²) in [7, 11) is 0. The van der Waals surface area contributed by atoms with E-state index in [2.05, 4.69) is 10.3 Å². The van der Waals surface area contributed by atoms with Gasteiger partial charge in [0.25, 0.3) is 0 Å². The number of alkyl halides is 3. The van der Waals surface area contributed by atoms with Gasteiger partial charge in [-0.05, 0) is 29.8 Å². The molecular formula is C14H10F3N3. The Morgan fingerprint density at radius 1 is 1.15 bits per heavy atom. The quantitative estimate of drug-likeness (QED) is 0.932. The highest BCUT2D eigenvalue weighted by Gasteiger charge is 2.30. The molecule has 0 aliphatic rings. The number of nitrogens with one attached hydrogen (secondary N) is 1. The molecule has 0 saturated heterocycles. The van der Waals surface area contributed by atoms with Gasteiger partial charge in [0.15, 0.2) is 0 Å². The topological polar surface area (TPSA) is 48.7 Å². The fourth-order valence-corrected chi connectivity index (χ4v) is 1.59. The monoisotopic (exact) mass is 277 g/mol. The van der Waals surface area contributed by atoms with Crippen LogP contribution < -0.4 is 5.32 Å². The van der Waals surface area contributed by atoms with Gasteiger partial charge in [-0.2, -0.15) is 18.4 Å². The number of hydrogen-bond acceptors (Lipinski definition) is 3. The Bertz CT molecular complexity index is 627. The SMILES string of the molecule is N#Cc1ccc(CNc2cc(C(F)(F)F)ccn2)cc1. The van der Waals surface area contributed by atoms with Crippen LogP contribution in [0, 0.1) is 11.3 Å². The van der Waals surface area contributed by atoms with E-state index in [1.165, 1.54) is 0 Å². The molecule has 3 nitrogen and oxygen atoms in total. The normalized spacial score (nSPS) is 10.9. The van der Waals surface area contributed by atoms with Crippen molar-refractivity contribution in [2.24, 2.45) is 0 Å². The smallest absolute Gasteiger partial charge is 0.366 e. The lowest BCUT2D eigenvalue weighted by atomic mass is 10.1. The van der Waals surface area contributed by atoms with Crippen LogP contribution >= 0.6 is 0 Å². The zero-order chi connectivity index (χ0) is 14.6. The van der Waals surface area contributed by atoms with Gasteiger partial charge in [0.05, 0.1) is 17.2 Å². The van der Waals surface area contributed by atoms with Gasteiger partial charge in [-0.3, -0.25) is 0 Å². The number of nitrogens with zero attached hydrogens (tertiary/aromatic N) is 2. The average Bonchev–Trinajstić information content (AvgIpc) is 2.45. The van der Waals surface area contributed by atoms with E-state index in [1.54, 1.807) is 24.3 Å². The van der Waals surface area contributed by atoms with Crippen LogP contribution in [0.1, 0.15) is 16.7 Å². The van der Waals surface area contributed by atoms with E-state index < -0.39 is 11.7 Å². The number of halogens is 3.